The third kappa shape index (κ3) is 3.62. The van der Waals surface area contributed by atoms with Gasteiger partial charge in [0.2, 0.25) is 11.7 Å². The van der Waals surface area contributed by atoms with Crippen LogP contribution in [0.1, 0.15) is 45.4 Å². The Morgan fingerprint density at radius 1 is 1.07 bits per heavy atom. The highest BCUT2D eigenvalue weighted by molar-refractivity contribution is 6.04. The first-order valence-corrected chi connectivity index (χ1v) is 8.90. The number of carbonyl (C=O) groups is 2. The van der Waals surface area contributed by atoms with Gasteiger partial charge in [-0.3, -0.25) is 14.9 Å². The third-order valence-electron chi connectivity index (χ3n) is 4.67. The van der Waals surface area contributed by atoms with E-state index in [1.165, 1.54) is 21.3 Å². The zero-order valence-electron chi connectivity index (χ0n) is 16.6. The molecule has 0 bridgehead atoms. The number of ether oxygens (including phenoxy) is 3. The molecular weight excluding hydrogens is 362 g/mol. The lowest BCUT2D eigenvalue weighted by Gasteiger charge is -2.21. The van der Waals surface area contributed by atoms with Crippen LogP contribution in [0, 0.1) is 12.8 Å². The van der Waals surface area contributed by atoms with E-state index in [0.717, 1.165) is 0 Å². The van der Waals surface area contributed by atoms with Gasteiger partial charge >= 0.3 is 0 Å². The number of anilines is 1. The first-order chi connectivity index (χ1) is 13.4. The Morgan fingerprint density at radius 2 is 1.71 bits per heavy atom. The summed E-state index contributed by atoms with van der Waals surface area (Å²) in [5.41, 5.74) is 2.13. The van der Waals surface area contributed by atoms with Crippen LogP contribution in [0.5, 0.6) is 17.2 Å². The lowest BCUT2D eigenvalue weighted by atomic mass is 9.86. The molecule has 1 N–H and O–H groups in total. The molecule has 0 radical (unpaired) electrons. The Bertz CT molecular complexity index is 917. The van der Waals surface area contributed by atoms with Crippen molar-refractivity contribution >= 4 is 17.6 Å². The fourth-order valence-corrected chi connectivity index (χ4v) is 3.41. The monoisotopic (exact) mass is 385 g/mol. The predicted octanol–water partition coefficient (Wildman–Crippen LogP) is 2.83. The topological polar surface area (TPSA) is 99.6 Å². The maximum absolute atomic E-state index is 12.7. The number of benzene rings is 1. The minimum absolute atomic E-state index is 0.0498. The fourth-order valence-electron chi connectivity index (χ4n) is 3.41. The number of rotatable bonds is 5. The largest absolute Gasteiger partial charge is 0.493 e. The number of fused-ring (bicyclic) bond motifs is 1. The van der Waals surface area contributed by atoms with Gasteiger partial charge in [0.15, 0.2) is 17.3 Å². The van der Waals surface area contributed by atoms with E-state index >= 15 is 0 Å². The Morgan fingerprint density at radius 3 is 2.29 bits per heavy atom. The van der Waals surface area contributed by atoms with E-state index < -0.39 is 5.91 Å². The molecule has 1 aliphatic carbocycles. The highest BCUT2D eigenvalue weighted by Gasteiger charge is 2.27. The summed E-state index contributed by atoms with van der Waals surface area (Å²) in [6, 6.07) is 3.10. The van der Waals surface area contributed by atoms with Crippen LogP contribution in [-0.4, -0.2) is 43.0 Å². The summed E-state index contributed by atoms with van der Waals surface area (Å²) in [6.07, 6.45) is 1.17. The molecule has 1 aromatic carbocycles. The molecule has 1 atom stereocenters. The molecule has 2 aromatic rings. The first-order valence-electron chi connectivity index (χ1n) is 8.90. The number of amides is 1. The molecule has 0 spiro atoms. The van der Waals surface area contributed by atoms with Crippen molar-refractivity contribution in [2.75, 3.05) is 26.6 Å². The van der Waals surface area contributed by atoms with Gasteiger partial charge < -0.3 is 14.2 Å². The van der Waals surface area contributed by atoms with Crippen LogP contribution in [0.25, 0.3) is 0 Å². The van der Waals surface area contributed by atoms with E-state index in [1.807, 2.05) is 6.92 Å². The molecule has 1 aromatic heterocycles. The second-order valence-corrected chi connectivity index (χ2v) is 6.76. The zero-order valence-corrected chi connectivity index (χ0v) is 16.6. The lowest BCUT2D eigenvalue weighted by molar-refractivity contribution is 0.0950. The first kappa shape index (κ1) is 19.6. The van der Waals surface area contributed by atoms with Crippen molar-refractivity contribution in [3.63, 3.8) is 0 Å². The van der Waals surface area contributed by atoms with Crippen molar-refractivity contribution in [2.45, 2.75) is 26.7 Å². The Kier molecular flexibility index (Phi) is 5.48. The minimum atomic E-state index is -0.422. The molecule has 3 rings (SSSR count). The third-order valence-corrected chi connectivity index (χ3v) is 4.67. The van der Waals surface area contributed by atoms with Crippen LogP contribution >= 0.6 is 0 Å². The average molecular weight is 385 g/mol. The van der Waals surface area contributed by atoms with Crippen LogP contribution in [0.3, 0.4) is 0 Å². The minimum Gasteiger partial charge on any atom is -0.493 e. The quantitative estimate of drug-likeness (QED) is 0.845. The number of hydrogen-bond acceptors (Lipinski definition) is 7. The van der Waals surface area contributed by atoms with Gasteiger partial charge in [-0.25, -0.2) is 9.97 Å². The molecule has 0 saturated carbocycles. The van der Waals surface area contributed by atoms with Crippen LogP contribution in [-0.2, 0) is 6.42 Å². The van der Waals surface area contributed by atoms with Crippen molar-refractivity contribution in [3.8, 4) is 17.2 Å². The molecule has 1 amide bonds. The molecule has 0 aliphatic heterocycles. The number of Topliss-reactive ketones (excluding diaryl/α,β-unsaturated/α-hetero) is 1. The number of hydrogen-bond donors (Lipinski definition) is 1. The maximum atomic E-state index is 12.7. The van der Waals surface area contributed by atoms with Crippen molar-refractivity contribution < 1.29 is 23.8 Å². The van der Waals surface area contributed by atoms with Gasteiger partial charge in [-0.15, -0.1) is 0 Å². The normalized spacial score (nSPS) is 15.6. The summed E-state index contributed by atoms with van der Waals surface area (Å²) in [4.78, 5) is 33.7. The summed E-state index contributed by atoms with van der Waals surface area (Å²) in [5.74, 6) is 1.14. The van der Waals surface area contributed by atoms with Gasteiger partial charge in [0, 0.05) is 12.0 Å². The predicted molar refractivity (Wildman–Crippen MR) is 103 cm³/mol. The van der Waals surface area contributed by atoms with Gasteiger partial charge in [-0.05, 0) is 31.4 Å². The summed E-state index contributed by atoms with van der Waals surface area (Å²) >= 11 is 0. The van der Waals surface area contributed by atoms with Gasteiger partial charge in [0.05, 0.1) is 38.3 Å². The number of carbonyl (C=O) groups excluding carboxylic acids is 2. The van der Waals surface area contributed by atoms with E-state index in [1.54, 1.807) is 19.1 Å². The van der Waals surface area contributed by atoms with Crippen molar-refractivity contribution in [1.82, 2.24) is 9.97 Å². The molecule has 8 nitrogen and oxygen atoms in total. The van der Waals surface area contributed by atoms with Crippen molar-refractivity contribution in [3.05, 3.63) is 34.6 Å². The molecule has 0 unspecified atom stereocenters. The molecule has 0 fully saturated rings. The standard InChI is InChI=1S/C20H23N3O5/c1-10-6-13-17(14(24)7-10)11(2)21-20(22-13)23-19(25)12-8-15(26-3)18(28-5)16(9-12)27-4/h8-10H,6-7H2,1-5H3,(H,21,22,23,25)/t10-/m0/s1. The van der Waals surface area contributed by atoms with E-state index in [4.69, 9.17) is 14.2 Å². The van der Waals surface area contributed by atoms with Gasteiger partial charge in [-0.1, -0.05) is 6.92 Å². The summed E-state index contributed by atoms with van der Waals surface area (Å²) in [6.45, 7) is 3.76. The molecule has 28 heavy (non-hydrogen) atoms. The van der Waals surface area contributed by atoms with E-state index in [2.05, 4.69) is 15.3 Å². The molecular formula is C20H23N3O5. The number of nitrogens with one attached hydrogen (secondary N) is 1. The van der Waals surface area contributed by atoms with Crippen LogP contribution in [0.15, 0.2) is 12.1 Å². The number of methoxy groups -OCH3 is 3. The van der Waals surface area contributed by atoms with Gasteiger partial charge in [0.25, 0.3) is 5.91 Å². The Hall–Kier alpha value is -3.16. The highest BCUT2D eigenvalue weighted by atomic mass is 16.5. The fraction of sp³-hybridized carbons (Fsp3) is 0.400. The maximum Gasteiger partial charge on any atom is 0.258 e. The molecule has 0 saturated heterocycles. The van der Waals surface area contributed by atoms with Crippen molar-refractivity contribution in [2.24, 2.45) is 5.92 Å². The Labute approximate surface area is 163 Å². The highest BCUT2D eigenvalue weighted by Crippen LogP contribution is 2.38. The molecule has 8 heteroatoms. The van der Waals surface area contributed by atoms with E-state index in [-0.39, 0.29) is 17.6 Å². The SMILES string of the molecule is COc1cc(C(=O)Nc2nc(C)c3c(n2)C[C@H](C)CC3=O)cc(OC)c1OC. The van der Waals surface area contributed by atoms with Crippen molar-refractivity contribution in [1.29, 1.82) is 0 Å². The number of ketones is 1. The second kappa shape index (κ2) is 7.84. The summed E-state index contributed by atoms with van der Waals surface area (Å²) in [7, 11) is 4.45. The number of aromatic nitrogens is 2. The van der Waals surface area contributed by atoms with Gasteiger partial charge in [0.1, 0.15) is 0 Å². The Balaban J connectivity index is 1.93. The van der Waals surface area contributed by atoms with E-state index in [0.29, 0.717) is 52.6 Å². The molecule has 1 aliphatic rings. The van der Waals surface area contributed by atoms with Crippen LogP contribution < -0.4 is 19.5 Å². The van der Waals surface area contributed by atoms with E-state index in [9.17, 15) is 9.59 Å². The second-order valence-electron chi connectivity index (χ2n) is 6.76. The number of nitrogens with zero attached hydrogens (tertiary/aromatic N) is 2. The summed E-state index contributed by atoms with van der Waals surface area (Å²) < 4.78 is 15.8. The number of aryl methyl sites for hydroxylation is 1. The van der Waals surface area contributed by atoms with Crippen LogP contribution in [0.4, 0.5) is 5.95 Å². The zero-order chi connectivity index (χ0) is 20.4. The lowest BCUT2D eigenvalue weighted by Crippen LogP contribution is -2.23. The van der Waals surface area contributed by atoms with Gasteiger partial charge in [-0.2, -0.15) is 0 Å². The smallest absolute Gasteiger partial charge is 0.258 e. The molecule has 1 heterocycles. The van der Waals surface area contributed by atoms with Crippen LogP contribution in [0.2, 0.25) is 0 Å². The summed E-state index contributed by atoms with van der Waals surface area (Å²) in [5, 5.41) is 2.69. The average Bonchev–Trinajstić information content (AvgIpc) is 2.65. The molecule has 148 valence electrons.